The Morgan fingerprint density at radius 1 is 1.16 bits per heavy atom. The van der Waals surface area contributed by atoms with Crippen LogP contribution in [0.25, 0.3) is 0 Å². The fourth-order valence-corrected chi connectivity index (χ4v) is 2.21. The SMILES string of the molecule is CCOC(=O)C(Oc1ccc(C(=O)NC)cc1)c1ccc(C)c(F)c1. The fraction of sp³-hybridized carbons (Fsp3) is 0.263. The Balaban J connectivity index is 2.28. The molecule has 2 aromatic rings. The number of esters is 1. The number of carbonyl (C=O) groups excluding carboxylic acids is 2. The minimum atomic E-state index is -1.10. The number of amides is 1. The first-order valence-electron chi connectivity index (χ1n) is 7.87. The molecule has 0 fully saturated rings. The van der Waals surface area contributed by atoms with E-state index in [0.29, 0.717) is 22.4 Å². The first-order chi connectivity index (χ1) is 12.0. The highest BCUT2D eigenvalue weighted by molar-refractivity contribution is 5.94. The average Bonchev–Trinajstić information content (AvgIpc) is 2.62. The van der Waals surface area contributed by atoms with Gasteiger partial charge in [-0.25, -0.2) is 9.18 Å². The lowest BCUT2D eigenvalue weighted by Crippen LogP contribution is -2.22. The molecule has 0 saturated carbocycles. The second-order valence-electron chi connectivity index (χ2n) is 5.36. The number of benzene rings is 2. The van der Waals surface area contributed by atoms with E-state index in [-0.39, 0.29) is 12.5 Å². The zero-order valence-corrected chi connectivity index (χ0v) is 14.3. The van der Waals surface area contributed by atoms with E-state index < -0.39 is 17.9 Å². The standard InChI is InChI=1S/C19H20FNO4/c1-4-24-19(23)17(14-6-5-12(2)16(20)11-14)25-15-9-7-13(8-10-15)18(22)21-3/h5-11,17H,4H2,1-3H3,(H,21,22). The summed E-state index contributed by atoms with van der Waals surface area (Å²) in [5.41, 5.74) is 1.29. The first kappa shape index (κ1) is 18.4. The van der Waals surface area contributed by atoms with Crippen LogP contribution in [0.3, 0.4) is 0 Å². The summed E-state index contributed by atoms with van der Waals surface area (Å²) in [6, 6.07) is 10.8. The number of hydrogen-bond donors (Lipinski definition) is 1. The van der Waals surface area contributed by atoms with Gasteiger partial charge in [-0.05, 0) is 49.7 Å². The molecule has 0 saturated heterocycles. The number of rotatable bonds is 6. The molecule has 2 aromatic carbocycles. The Labute approximate surface area is 145 Å². The van der Waals surface area contributed by atoms with Crippen LogP contribution in [-0.4, -0.2) is 25.5 Å². The summed E-state index contributed by atoms with van der Waals surface area (Å²) in [6.07, 6.45) is -1.10. The van der Waals surface area contributed by atoms with Crippen molar-refractivity contribution in [1.82, 2.24) is 5.32 Å². The topological polar surface area (TPSA) is 64.6 Å². The van der Waals surface area contributed by atoms with Gasteiger partial charge in [-0.15, -0.1) is 0 Å². The number of halogens is 1. The molecule has 0 heterocycles. The van der Waals surface area contributed by atoms with E-state index in [0.717, 1.165) is 0 Å². The molecule has 0 aliphatic heterocycles. The Kier molecular flexibility index (Phi) is 6.11. The van der Waals surface area contributed by atoms with Crippen LogP contribution in [0.4, 0.5) is 4.39 Å². The summed E-state index contributed by atoms with van der Waals surface area (Å²) in [5.74, 6) is -0.896. The van der Waals surface area contributed by atoms with Crippen molar-refractivity contribution in [3.8, 4) is 5.75 Å². The van der Waals surface area contributed by atoms with Crippen LogP contribution in [0.15, 0.2) is 42.5 Å². The molecule has 0 radical (unpaired) electrons. The van der Waals surface area contributed by atoms with Gasteiger partial charge in [-0.1, -0.05) is 12.1 Å². The van der Waals surface area contributed by atoms with Gasteiger partial charge in [-0.3, -0.25) is 4.79 Å². The predicted molar refractivity (Wildman–Crippen MR) is 91.0 cm³/mol. The van der Waals surface area contributed by atoms with Crippen LogP contribution in [0, 0.1) is 12.7 Å². The Bertz CT molecular complexity index is 759. The van der Waals surface area contributed by atoms with Crippen molar-refractivity contribution in [1.29, 1.82) is 0 Å². The monoisotopic (exact) mass is 345 g/mol. The number of ether oxygens (including phenoxy) is 2. The molecular formula is C19H20FNO4. The largest absolute Gasteiger partial charge is 0.474 e. The molecule has 0 aliphatic carbocycles. The molecule has 0 aromatic heterocycles. The summed E-state index contributed by atoms with van der Waals surface area (Å²) >= 11 is 0. The number of carbonyl (C=O) groups is 2. The van der Waals surface area contributed by atoms with E-state index in [2.05, 4.69) is 5.32 Å². The number of nitrogens with one attached hydrogen (secondary N) is 1. The van der Waals surface area contributed by atoms with E-state index >= 15 is 0 Å². The van der Waals surface area contributed by atoms with Crippen LogP contribution in [0.1, 0.15) is 34.5 Å². The van der Waals surface area contributed by atoms with Crippen molar-refractivity contribution in [2.24, 2.45) is 0 Å². The van der Waals surface area contributed by atoms with Gasteiger partial charge < -0.3 is 14.8 Å². The Morgan fingerprint density at radius 3 is 2.40 bits per heavy atom. The third kappa shape index (κ3) is 4.56. The van der Waals surface area contributed by atoms with Crippen LogP contribution in [-0.2, 0) is 9.53 Å². The van der Waals surface area contributed by atoms with Crippen LogP contribution in [0.5, 0.6) is 5.75 Å². The molecule has 132 valence electrons. The summed E-state index contributed by atoms with van der Waals surface area (Å²) in [7, 11) is 1.54. The van der Waals surface area contributed by atoms with Gasteiger partial charge in [0.15, 0.2) is 0 Å². The van der Waals surface area contributed by atoms with Crippen molar-refractivity contribution < 1.29 is 23.5 Å². The van der Waals surface area contributed by atoms with Gasteiger partial charge in [0, 0.05) is 18.2 Å². The van der Waals surface area contributed by atoms with E-state index in [4.69, 9.17) is 9.47 Å². The minimum absolute atomic E-state index is 0.183. The van der Waals surface area contributed by atoms with E-state index in [1.54, 1.807) is 50.2 Å². The van der Waals surface area contributed by atoms with Gasteiger partial charge in [-0.2, -0.15) is 0 Å². The maximum Gasteiger partial charge on any atom is 0.352 e. The summed E-state index contributed by atoms with van der Waals surface area (Å²) in [4.78, 5) is 23.8. The smallest absolute Gasteiger partial charge is 0.352 e. The lowest BCUT2D eigenvalue weighted by Gasteiger charge is -2.18. The quantitative estimate of drug-likeness (QED) is 0.817. The molecule has 1 unspecified atom stereocenters. The van der Waals surface area contributed by atoms with Gasteiger partial charge in [0.1, 0.15) is 11.6 Å². The van der Waals surface area contributed by atoms with Crippen molar-refractivity contribution in [3.63, 3.8) is 0 Å². The van der Waals surface area contributed by atoms with E-state index in [9.17, 15) is 14.0 Å². The fourth-order valence-electron chi connectivity index (χ4n) is 2.21. The van der Waals surface area contributed by atoms with Gasteiger partial charge >= 0.3 is 5.97 Å². The summed E-state index contributed by atoms with van der Waals surface area (Å²) < 4.78 is 24.6. The maximum absolute atomic E-state index is 13.9. The molecule has 2 rings (SSSR count). The predicted octanol–water partition coefficient (Wildman–Crippen LogP) is 3.18. The second-order valence-corrected chi connectivity index (χ2v) is 5.36. The Morgan fingerprint density at radius 2 is 1.84 bits per heavy atom. The summed E-state index contributed by atoms with van der Waals surface area (Å²) in [5, 5.41) is 2.52. The molecule has 0 bridgehead atoms. The van der Waals surface area contributed by atoms with Crippen molar-refractivity contribution in [2.75, 3.05) is 13.7 Å². The molecule has 6 heteroatoms. The highest BCUT2D eigenvalue weighted by atomic mass is 19.1. The summed E-state index contributed by atoms with van der Waals surface area (Å²) in [6.45, 7) is 3.50. The van der Waals surface area contributed by atoms with E-state index in [1.807, 2.05) is 0 Å². The van der Waals surface area contributed by atoms with Crippen LogP contribution >= 0.6 is 0 Å². The lowest BCUT2D eigenvalue weighted by atomic mass is 10.1. The highest BCUT2D eigenvalue weighted by Crippen LogP contribution is 2.25. The van der Waals surface area contributed by atoms with Crippen molar-refractivity contribution in [3.05, 3.63) is 65.0 Å². The first-order valence-corrected chi connectivity index (χ1v) is 7.87. The van der Waals surface area contributed by atoms with Gasteiger partial charge in [0.25, 0.3) is 5.91 Å². The number of hydrogen-bond acceptors (Lipinski definition) is 4. The molecule has 0 aliphatic rings. The minimum Gasteiger partial charge on any atom is -0.474 e. The van der Waals surface area contributed by atoms with Crippen molar-refractivity contribution in [2.45, 2.75) is 20.0 Å². The molecule has 25 heavy (non-hydrogen) atoms. The third-order valence-corrected chi connectivity index (χ3v) is 3.60. The number of aryl methyl sites for hydroxylation is 1. The molecule has 5 nitrogen and oxygen atoms in total. The molecule has 1 amide bonds. The van der Waals surface area contributed by atoms with Gasteiger partial charge in [0.2, 0.25) is 6.10 Å². The zero-order chi connectivity index (χ0) is 18.4. The van der Waals surface area contributed by atoms with Gasteiger partial charge in [0.05, 0.1) is 6.61 Å². The second kappa shape index (κ2) is 8.28. The van der Waals surface area contributed by atoms with Crippen molar-refractivity contribution >= 4 is 11.9 Å². The maximum atomic E-state index is 13.9. The highest BCUT2D eigenvalue weighted by Gasteiger charge is 2.25. The normalized spacial score (nSPS) is 11.5. The Hall–Kier alpha value is -2.89. The van der Waals surface area contributed by atoms with E-state index in [1.165, 1.54) is 13.1 Å². The molecular weight excluding hydrogens is 325 g/mol. The molecule has 0 spiro atoms. The lowest BCUT2D eigenvalue weighted by molar-refractivity contribution is -0.151. The third-order valence-electron chi connectivity index (χ3n) is 3.60. The zero-order valence-electron chi connectivity index (χ0n) is 14.3. The molecule has 1 atom stereocenters. The average molecular weight is 345 g/mol. The van der Waals surface area contributed by atoms with Crippen LogP contribution in [0.2, 0.25) is 0 Å². The molecule has 1 N–H and O–H groups in total. The van der Waals surface area contributed by atoms with Crippen LogP contribution < -0.4 is 10.1 Å².